The quantitative estimate of drug-likeness (QED) is 0.536. The van der Waals surface area contributed by atoms with Gasteiger partial charge in [0, 0.05) is 5.39 Å². The molecule has 0 unspecified atom stereocenters. The topological polar surface area (TPSA) is 77.0 Å². The molecule has 0 fully saturated rings. The van der Waals surface area contributed by atoms with E-state index in [0.29, 0.717) is 16.3 Å². The molecular weight excluding hydrogens is 368 g/mol. The summed E-state index contributed by atoms with van der Waals surface area (Å²) in [4.78, 5) is 31.3. The molecule has 4 aromatic rings. The fourth-order valence-electron chi connectivity index (χ4n) is 3.15. The number of carbonyl (C=O) groups excluding carboxylic acids is 1. The van der Waals surface area contributed by atoms with E-state index in [1.54, 1.807) is 42.5 Å². The Bertz CT molecular complexity index is 1250. The number of halogens is 2. The molecule has 6 nitrogen and oxygen atoms in total. The van der Waals surface area contributed by atoms with Gasteiger partial charge in [-0.1, -0.05) is 30.3 Å². The number of esters is 1. The minimum atomic E-state index is -2.84. The van der Waals surface area contributed by atoms with Crippen molar-refractivity contribution in [2.75, 3.05) is 0 Å². The molecular formula is C20H15F2N3O3. The summed E-state index contributed by atoms with van der Waals surface area (Å²) >= 11 is 0. The van der Waals surface area contributed by atoms with Crippen molar-refractivity contribution in [3.63, 3.8) is 0 Å². The summed E-state index contributed by atoms with van der Waals surface area (Å²) in [5.41, 5.74) is 0.127. The van der Waals surface area contributed by atoms with Crippen LogP contribution in [0.4, 0.5) is 8.78 Å². The maximum absolute atomic E-state index is 13.6. The molecule has 0 amide bonds. The average Bonchev–Trinajstić information content (AvgIpc) is 3.08. The minimum absolute atomic E-state index is 0.0599. The number of nitrogens with zero attached hydrogens (tertiary/aromatic N) is 2. The molecule has 0 aliphatic rings. The molecule has 28 heavy (non-hydrogen) atoms. The summed E-state index contributed by atoms with van der Waals surface area (Å²) in [5.74, 6) is -0.907. The Balaban J connectivity index is 1.68. The summed E-state index contributed by atoms with van der Waals surface area (Å²) in [5, 5.41) is 1.01. The van der Waals surface area contributed by atoms with Gasteiger partial charge in [0.15, 0.2) is 11.9 Å². The number of H-pyrrole nitrogens is 1. The van der Waals surface area contributed by atoms with Crippen LogP contribution in [0.5, 0.6) is 0 Å². The Morgan fingerprint density at radius 2 is 1.86 bits per heavy atom. The van der Waals surface area contributed by atoms with Crippen molar-refractivity contribution in [3.8, 4) is 0 Å². The third-order valence-electron chi connectivity index (χ3n) is 4.44. The summed E-state index contributed by atoms with van der Waals surface area (Å²) in [7, 11) is 0. The molecule has 2 heterocycles. The first kappa shape index (κ1) is 17.8. The average molecular weight is 383 g/mol. The zero-order valence-corrected chi connectivity index (χ0v) is 14.7. The van der Waals surface area contributed by atoms with Crippen LogP contribution in [0.25, 0.3) is 21.8 Å². The molecule has 0 radical (unpaired) electrons. The highest BCUT2D eigenvalue weighted by Crippen LogP contribution is 2.28. The molecule has 142 valence electrons. The number of fused-ring (bicyclic) bond motifs is 2. The lowest BCUT2D eigenvalue weighted by Crippen LogP contribution is -2.18. The van der Waals surface area contributed by atoms with Crippen molar-refractivity contribution in [1.82, 2.24) is 14.5 Å². The number of aromatic nitrogens is 3. The van der Waals surface area contributed by atoms with Crippen molar-refractivity contribution >= 4 is 27.8 Å². The van der Waals surface area contributed by atoms with E-state index < -0.39 is 24.2 Å². The van der Waals surface area contributed by atoms with Crippen molar-refractivity contribution in [2.24, 2.45) is 0 Å². The second-order valence-corrected chi connectivity index (χ2v) is 6.25. The number of pyridine rings is 1. The van der Waals surface area contributed by atoms with Gasteiger partial charge in [-0.15, -0.1) is 0 Å². The van der Waals surface area contributed by atoms with E-state index in [4.69, 9.17) is 4.74 Å². The van der Waals surface area contributed by atoms with Crippen LogP contribution >= 0.6 is 0 Å². The Hall–Kier alpha value is -3.55. The lowest BCUT2D eigenvalue weighted by Gasteiger charge is -2.15. The first-order chi connectivity index (χ1) is 13.5. The first-order valence-electron chi connectivity index (χ1n) is 8.54. The number of hydrogen-bond donors (Lipinski definition) is 1. The molecule has 0 aliphatic heterocycles. The molecule has 0 saturated carbocycles. The Morgan fingerprint density at radius 3 is 2.64 bits per heavy atom. The van der Waals surface area contributed by atoms with Crippen LogP contribution < -0.4 is 5.56 Å². The predicted molar refractivity (Wildman–Crippen MR) is 99.4 cm³/mol. The normalized spacial score (nSPS) is 12.6. The van der Waals surface area contributed by atoms with Gasteiger partial charge >= 0.3 is 12.5 Å². The molecule has 2 aromatic heterocycles. The Labute approximate surface area is 157 Å². The maximum Gasteiger partial charge on any atom is 0.355 e. The third-order valence-corrected chi connectivity index (χ3v) is 4.44. The highest BCUT2D eigenvalue weighted by molar-refractivity contribution is 5.93. The summed E-state index contributed by atoms with van der Waals surface area (Å²) in [6.07, 6.45) is -1.05. The molecule has 0 saturated heterocycles. The maximum atomic E-state index is 13.6. The number of ether oxygens (including phenoxy) is 1. The summed E-state index contributed by atoms with van der Waals surface area (Å²) < 4.78 is 33.2. The van der Waals surface area contributed by atoms with E-state index in [2.05, 4.69) is 9.97 Å². The molecule has 4 rings (SSSR count). The van der Waals surface area contributed by atoms with Gasteiger partial charge < -0.3 is 9.72 Å². The monoisotopic (exact) mass is 383 g/mol. The number of benzene rings is 2. The van der Waals surface area contributed by atoms with E-state index in [-0.39, 0.29) is 17.0 Å². The van der Waals surface area contributed by atoms with Crippen LogP contribution in [0.1, 0.15) is 35.9 Å². The third kappa shape index (κ3) is 3.02. The number of hydrogen-bond acceptors (Lipinski definition) is 4. The van der Waals surface area contributed by atoms with Crippen LogP contribution in [-0.4, -0.2) is 20.5 Å². The zero-order valence-electron chi connectivity index (χ0n) is 14.7. The molecule has 0 spiro atoms. The molecule has 8 heteroatoms. The van der Waals surface area contributed by atoms with E-state index in [9.17, 15) is 18.4 Å². The van der Waals surface area contributed by atoms with Crippen molar-refractivity contribution < 1.29 is 18.3 Å². The van der Waals surface area contributed by atoms with E-state index >= 15 is 0 Å². The standard InChI is InChI=1S/C20H15F2N3O3/c1-11(17-23-14-8-4-5-9-16(14)25(17)20(21)22)28-19(27)15-10-12-6-2-3-7-13(12)18(26)24-15/h2-11,20H,1H3,(H,24,26)/t11-/m0/s1. The second kappa shape index (κ2) is 6.88. The number of nitrogens with one attached hydrogen (secondary N) is 1. The van der Waals surface area contributed by atoms with Crippen molar-refractivity contribution in [2.45, 2.75) is 19.6 Å². The van der Waals surface area contributed by atoms with Gasteiger partial charge in [0.2, 0.25) is 0 Å². The van der Waals surface area contributed by atoms with Crippen molar-refractivity contribution in [3.05, 3.63) is 76.5 Å². The van der Waals surface area contributed by atoms with E-state index in [1.807, 2.05) is 0 Å². The van der Waals surface area contributed by atoms with Crippen LogP contribution in [0.3, 0.4) is 0 Å². The highest BCUT2D eigenvalue weighted by atomic mass is 19.3. The molecule has 2 aromatic carbocycles. The SMILES string of the molecule is C[C@H](OC(=O)c1cc2ccccc2c(=O)[nH]1)c1nc2ccccc2n1C(F)F. The fourth-order valence-corrected chi connectivity index (χ4v) is 3.15. The lowest BCUT2D eigenvalue weighted by atomic mass is 10.1. The molecule has 0 aliphatic carbocycles. The van der Waals surface area contributed by atoms with Gasteiger partial charge in [-0.05, 0) is 36.6 Å². The minimum Gasteiger partial charge on any atom is -0.450 e. The number of rotatable bonds is 4. The smallest absolute Gasteiger partial charge is 0.355 e. The van der Waals surface area contributed by atoms with Gasteiger partial charge in [0.1, 0.15) is 5.69 Å². The van der Waals surface area contributed by atoms with Gasteiger partial charge in [0.25, 0.3) is 5.56 Å². The van der Waals surface area contributed by atoms with E-state index in [0.717, 1.165) is 4.57 Å². The Kier molecular flexibility index (Phi) is 4.38. The zero-order chi connectivity index (χ0) is 19.8. The van der Waals surface area contributed by atoms with E-state index in [1.165, 1.54) is 19.1 Å². The number of para-hydroxylation sites is 2. The van der Waals surface area contributed by atoms with Crippen molar-refractivity contribution in [1.29, 1.82) is 0 Å². The second-order valence-electron chi connectivity index (χ2n) is 6.25. The molecule has 1 N–H and O–H groups in total. The summed E-state index contributed by atoms with van der Waals surface area (Å²) in [6, 6.07) is 14.7. The summed E-state index contributed by atoms with van der Waals surface area (Å²) in [6.45, 7) is -1.39. The molecule has 0 bridgehead atoms. The highest BCUT2D eigenvalue weighted by Gasteiger charge is 2.25. The van der Waals surface area contributed by atoms with Crippen LogP contribution in [0.2, 0.25) is 0 Å². The first-order valence-corrected chi connectivity index (χ1v) is 8.54. The Morgan fingerprint density at radius 1 is 1.14 bits per heavy atom. The number of alkyl halides is 2. The number of carbonyl (C=O) groups is 1. The largest absolute Gasteiger partial charge is 0.450 e. The predicted octanol–water partition coefficient (Wildman–Crippen LogP) is 4.19. The van der Waals surface area contributed by atoms with Gasteiger partial charge in [-0.25, -0.2) is 9.78 Å². The molecule has 1 atom stereocenters. The van der Waals surface area contributed by atoms with Crippen LogP contribution in [-0.2, 0) is 4.74 Å². The fraction of sp³-hybridized carbons (Fsp3) is 0.150. The lowest BCUT2D eigenvalue weighted by molar-refractivity contribution is 0.0227. The van der Waals surface area contributed by atoms with Gasteiger partial charge in [-0.2, -0.15) is 8.78 Å². The van der Waals surface area contributed by atoms with Gasteiger partial charge in [-0.3, -0.25) is 9.36 Å². The number of imidazole rings is 1. The van der Waals surface area contributed by atoms with Crippen LogP contribution in [0.15, 0.2) is 59.4 Å². The van der Waals surface area contributed by atoms with Gasteiger partial charge in [0.05, 0.1) is 11.0 Å². The van der Waals surface area contributed by atoms with Crippen LogP contribution in [0, 0.1) is 0 Å². The number of aromatic amines is 1.